The molecule has 5 aliphatic rings. The number of rotatable bonds is 7. The molecule has 0 amide bonds. The molecule has 0 unspecified atom stereocenters. The summed E-state index contributed by atoms with van der Waals surface area (Å²) in [5, 5.41) is 22.1. The summed E-state index contributed by atoms with van der Waals surface area (Å²) < 4.78 is 10.3. The quantitative estimate of drug-likeness (QED) is 0.381. The predicted octanol–water partition coefficient (Wildman–Crippen LogP) is 4.09. The number of carbonyl (C=O) groups is 3. The van der Waals surface area contributed by atoms with E-state index in [0.717, 1.165) is 11.1 Å². The molecule has 1 aromatic rings. The van der Waals surface area contributed by atoms with Crippen LogP contribution in [0.1, 0.15) is 49.5 Å². The molecule has 11 heteroatoms. The molecule has 0 saturated carbocycles. The van der Waals surface area contributed by atoms with Crippen LogP contribution in [0.3, 0.4) is 0 Å². The van der Waals surface area contributed by atoms with Crippen molar-refractivity contribution in [2.24, 2.45) is 20.9 Å². The number of nitrogens with one attached hydrogen (secondary N) is 1. The fourth-order valence-corrected chi connectivity index (χ4v) is 6.56. The molecule has 5 heterocycles. The van der Waals surface area contributed by atoms with E-state index in [-0.39, 0.29) is 24.2 Å². The zero-order valence-electron chi connectivity index (χ0n) is 26.6. The van der Waals surface area contributed by atoms with Gasteiger partial charge in [0.2, 0.25) is 0 Å². The van der Waals surface area contributed by atoms with Crippen molar-refractivity contribution in [3.8, 4) is 0 Å². The van der Waals surface area contributed by atoms with Crippen molar-refractivity contribution in [1.29, 1.82) is 0 Å². The van der Waals surface area contributed by atoms with Gasteiger partial charge >= 0.3 is 17.9 Å². The summed E-state index contributed by atoms with van der Waals surface area (Å²) >= 11 is 0. The van der Waals surface area contributed by atoms with Crippen molar-refractivity contribution in [1.82, 2.24) is 4.98 Å². The number of esters is 2. The number of hydrogen-bond donors (Lipinski definition) is 3. The number of fused-ring (bicyclic) bond motifs is 5. The molecule has 3 N–H and O–H groups in total. The molecule has 8 bridgehead atoms. The number of aliphatic carboxylic acids is 1. The third-order valence-corrected chi connectivity index (χ3v) is 8.97. The molecule has 0 spiro atoms. The van der Waals surface area contributed by atoms with Crippen molar-refractivity contribution in [3.63, 3.8) is 0 Å². The maximum atomic E-state index is 13.3. The average Bonchev–Trinajstić information content (AvgIpc) is 3.79. The fourth-order valence-electron chi connectivity index (χ4n) is 6.56. The Morgan fingerprint density at radius 3 is 2.32 bits per heavy atom. The molecule has 0 saturated heterocycles. The second-order valence-electron chi connectivity index (χ2n) is 11.4. The Bertz CT molecular complexity index is 2190. The molecule has 0 fully saturated rings. The fraction of sp³-hybridized carbons (Fsp3) is 0.222. The predicted molar refractivity (Wildman–Crippen MR) is 178 cm³/mol. The standard InChI is InChI=1S/C36H32N4O7/c1-8-18-15(3)21-12-22-16(4)20(10-11-27(41)42)32(39-22)30-31(36(45)47-7)34(43)28-17(5)23(40-33(28)30)13-25-19(9-2)29(35(44)46-6)26(38-25)14-24(18)37-21/h8-9,12-14,31,38,43H,1-2,10-11H2,3-7H3,(H,41,42)/t31-/m1/s1. The number of aliphatic imine (C=N–C) groups is 3. The topological polar surface area (TPSA) is 163 Å². The number of carboxylic acids is 1. The molecule has 1 aromatic heterocycles. The van der Waals surface area contributed by atoms with E-state index in [1.165, 1.54) is 14.2 Å². The van der Waals surface area contributed by atoms with Gasteiger partial charge in [-0.25, -0.2) is 19.8 Å². The lowest BCUT2D eigenvalue weighted by Gasteiger charge is -2.15. The Kier molecular flexibility index (Phi) is 7.63. The van der Waals surface area contributed by atoms with Crippen LogP contribution in [-0.2, 0) is 19.1 Å². The minimum absolute atomic E-state index is 0.123. The largest absolute Gasteiger partial charge is 0.510 e. The lowest BCUT2D eigenvalue weighted by molar-refractivity contribution is -0.143. The summed E-state index contributed by atoms with van der Waals surface area (Å²) in [6.07, 6.45) is 8.44. The number of aliphatic hydroxyl groups excluding tert-OH is 1. The minimum atomic E-state index is -1.23. The smallest absolute Gasteiger partial charge is 0.340 e. The number of carbonyl (C=O) groups excluding carboxylic acids is 2. The number of H-pyrrole nitrogens is 1. The summed E-state index contributed by atoms with van der Waals surface area (Å²) in [5.74, 6) is -3.75. The Balaban J connectivity index is 1.77. The van der Waals surface area contributed by atoms with Crippen LogP contribution in [0.2, 0.25) is 0 Å². The Morgan fingerprint density at radius 1 is 0.936 bits per heavy atom. The summed E-state index contributed by atoms with van der Waals surface area (Å²) in [7, 11) is 2.53. The number of hydrogen-bond acceptors (Lipinski definition) is 9. The van der Waals surface area contributed by atoms with Crippen LogP contribution in [0.15, 0.2) is 102 Å². The highest BCUT2D eigenvalue weighted by molar-refractivity contribution is 6.27. The van der Waals surface area contributed by atoms with E-state index in [2.05, 4.69) is 18.1 Å². The number of carboxylic acid groups (broad SMARTS) is 1. The number of aromatic nitrogens is 1. The number of allylic oxidation sites excluding steroid dienone is 9. The van der Waals surface area contributed by atoms with Crippen molar-refractivity contribution < 1.29 is 34.1 Å². The van der Waals surface area contributed by atoms with Gasteiger partial charge in [0.25, 0.3) is 0 Å². The van der Waals surface area contributed by atoms with Crippen molar-refractivity contribution in [2.75, 3.05) is 14.2 Å². The van der Waals surface area contributed by atoms with Gasteiger partial charge in [-0.1, -0.05) is 25.3 Å². The van der Waals surface area contributed by atoms with E-state index in [1.807, 2.05) is 13.8 Å². The van der Waals surface area contributed by atoms with Crippen molar-refractivity contribution >= 4 is 53.3 Å². The van der Waals surface area contributed by atoms with Gasteiger partial charge in [0.1, 0.15) is 11.7 Å². The van der Waals surface area contributed by atoms with Gasteiger partial charge in [0.15, 0.2) is 0 Å². The first-order valence-corrected chi connectivity index (χ1v) is 14.8. The van der Waals surface area contributed by atoms with Crippen molar-refractivity contribution in [3.05, 3.63) is 109 Å². The van der Waals surface area contributed by atoms with Crippen LogP contribution in [0, 0.1) is 5.92 Å². The van der Waals surface area contributed by atoms with Crippen molar-refractivity contribution in [2.45, 2.75) is 33.6 Å². The van der Waals surface area contributed by atoms with E-state index in [0.29, 0.717) is 78.4 Å². The van der Waals surface area contributed by atoms with Crippen LogP contribution < -0.4 is 10.7 Å². The van der Waals surface area contributed by atoms with E-state index >= 15 is 0 Å². The maximum absolute atomic E-state index is 13.3. The molecular weight excluding hydrogens is 600 g/mol. The van der Waals surface area contributed by atoms with Crippen LogP contribution in [-0.4, -0.2) is 64.5 Å². The first kappa shape index (κ1) is 31.2. The third kappa shape index (κ3) is 4.73. The molecule has 238 valence electrons. The van der Waals surface area contributed by atoms with Gasteiger partial charge in [-0.2, -0.15) is 0 Å². The Morgan fingerprint density at radius 2 is 1.68 bits per heavy atom. The van der Waals surface area contributed by atoms with Gasteiger partial charge in [0, 0.05) is 34.1 Å². The molecular formula is C36H32N4O7. The summed E-state index contributed by atoms with van der Waals surface area (Å²) in [6, 6.07) is 0. The second-order valence-corrected chi connectivity index (χ2v) is 11.4. The van der Waals surface area contributed by atoms with Crippen LogP contribution >= 0.6 is 0 Å². The van der Waals surface area contributed by atoms with E-state index in [1.54, 1.807) is 37.3 Å². The Labute approximate surface area is 269 Å². The summed E-state index contributed by atoms with van der Waals surface area (Å²) in [4.78, 5) is 56.1. The first-order valence-electron chi connectivity index (χ1n) is 14.8. The molecule has 4 aliphatic heterocycles. The SMILES string of the molecule is C=CC1=C(C)C2=CC3=NC(=C4C5=NC(=C(C)C5=C(O)[C@@H]4C(=O)OC)C=c4[nH]c(c(C(=O)OC)c4C=C)=CC1=N2)C(CCC(=O)O)=C3C. The molecule has 0 aromatic carbocycles. The number of aliphatic hydroxyl groups is 1. The van der Waals surface area contributed by atoms with Gasteiger partial charge in [-0.05, 0) is 67.7 Å². The zero-order chi connectivity index (χ0) is 33.9. The van der Waals surface area contributed by atoms with E-state index < -0.39 is 23.8 Å². The van der Waals surface area contributed by atoms with Gasteiger partial charge in [-0.15, -0.1) is 0 Å². The molecule has 1 aliphatic carbocycles. The minimum Gasteiger partial charge on any atom is -0.510 e. The first-order chi connectivity index (χ1) is 22.4. The van der Waals surface area contributed by atoms with E-state index in [4.69, 9.17) is 24.5 Å². The maximum Gasteiger partial charge on any atom is 0.340 e. The average molecular weight is 633 g/mol. The molecule has 0 radical (unpaired) electrons. The molecule has 1 atom stereocenters. The van der Waals surface area contributed by atoms with Crippen LogP contribution in [0.25, 0.3) is 18.2 Å². The van der Waals surface area contributed by atoms with E-state index in [9.17, 15) is 24.6 Å². The number of ether oxygens (including phenoxy) is 2. The van der Waals surface area contributed by atoms with Gasteiger partial charge < -0.3 is 24.7 Å². The third-order valence-electron chi connectivity index (χ3n) is 8.97. The normalized spacial score (nSPS) is 19.7. The van der Waals surface area contributed by atoms with Crippen LogP contribution in [0.4, 0.5) is 0 Å². The van der Waals surface area contributed by atoms with Crippen LogP contribution in [0.5, 0.6) is 0 Å². The highest BCUT2D eigenvalue weighted by Gasteiger charge is 2.47. The molecule has 47 heavy (non-hydrogen) atoms. The summed E-state index contributed by atoms with van der Waals surface area (Å²) in [6.45, 7) is 13.4. The van der Waals surface area contributed by atoms with Gasteiger partial charge in [-0.3, -0.25) is 9.59 Å². The lowest BCUT2D eigenvalue weighted by atomic mass is 9.92. The monoisotopic (exact) mass is 632 g/mol. The second kappa shape index (κ2) is 11.5. The Hall–Kier alpha value is -5.84. The number of aromatic amines is 1. The number of methoxy groups -OCH3 is 2. The highest BCUT2D eigenvalue weighted by Crippen LogP contribution is 2.47. The molecule has 11 nitrogen and oxygen atoms in total. The summed E-state index contributed by atoms with van der Waals surface area (Å²) in [5.41, 5.74) is 7.65. The molecule has 6 rings (SSSR count). The van der Waals surface area contributed by atoms with Gasteiger partial charge in [0.05, 0.1) is 59.4 Å². The lowest BCUT2D eigenvalue weighted by Crippen LogP contribution is -2.21. The zero-order valence-corrected chi connectivity index (χ0v) is 26.6. The number of nitrogens with zero attached hydrogens (tertiary/aromatic N) is 3. The highest BCUT2D eigenvalue weighted by atomic mass is 16.5.